The van der Waals surface area contributed by atoms with Crippen molar-refractivity contribution in [1.82, 2.24) is 20.0 Å². The van der Waals surface area contributed by atoms with E-state index < -0.39 is 0 Å². The van der Waals surface area contributed by atoms with Crippen LogP contribution in [0.4, 0.5) is 0 Å². The van der Waals surface area contributed by atoms with E-state index in [0.717, 1.165) is 24.8 Å². The minimum atomic E-state index is 0.212. The van der Waals surface area contributed by atoms with Gasteiger partial charge in [-0.25, -0.2) is 0 Å². The normalized spacial score (nSPS) is 21.0. The summed E-state index contributed by atoms with van der Waals surface area (Å²) < 4.78 is 5.52. The predicted molar refractivity (Wildman–Crippen MR) is 96.5 cm³/mol. The van der Waals surface area contributed by atoms with Gasteiger partial charge in [0.2, 0.25) is 5.89 Å². The van der Waals surface area contributed by atoms with E-state index in [1.165, 1.54) is 42.3 Å². The van der Waals surface area contributed by atoms with E-state index in [-0.39, 0.29) is 6.04 Å². The maximum Gasteiger partial charge on any atom is 0.243 e. The second-order valence-corrected chi connectivity index (χ2v) is 7.56. The Morgan fingerprint density at radius 3 is 2.68 bits per heavy atom. The van der Waals surface area contributed by atoms with Crippen LogP contribution in [0.2, 0.25) is 0 Å². The zero-order valence-electron chi connectivity index (χ0n) is 14.6. The van der Waals surface area contributed by atoms with Gasteiger partial charge in [-0.15, -0.1) is 0 Å². The molecule has 3 heterocycles. The Morgan fingerprint density at radius 2 is 1.92 bits per heavy atom. The summed E-state index contributed by atoms with van der Waals surface area (Å²) in [5.74, 6) is 2.86. The Bertz CT molecular complexity index is 838. The van der Waals surface area contributed by atoms with Gasteiger partial charge in [0.15, 0.2) is 5.82 Å². The molecule has 0 radical (unpaired) electrons. The molecule has 1 saturated carbocycles. The third-order valence-electron chi connectivity index (χ3n) is 5.83. The lowest BCUT2D eigenvalue weighted by molar-refractivity contribution is 0.136. The molecule has 3 aromatic rings. The SMILES string of the molecule is C[C@H](c1nc(C2CC2)no1)N1CCC(c2cc3ccccc3[nH]2)CC1. The van der Waals surface area contributed by atoms with Crippen LogP contribution in [0.1, 0.15) is 67.9 Å². The summed E-state index contributed by atoms with van der Waals surface area (Å²) in [6, 6.07) is 11.1. The fraction of sp³-hybridized carbons (Fsp3) is 0.500. The van der Waals surface area contributed by atoms with E-state index in [0.29, 0.717) is 11.8 Å². The van der Waals surface area contributed by atoms with Crippen molar-refractivity contribution in [3.8, 4) is 0 Å². The summed E-state index contributed by atoms with van der Waals surface area (Å²) in [7, 11) is 0. The Balaban J connectivity index is 1.25. The van der Waals surface area contributed by atoms with Crippen LogP contribution in [0.15, 0.2) is 34.9 Å². The maximum absolute atomic E-state index is 5.52. The minimum absolute atomic E-state index is 0.212. The van der Waals surface area contributed by atoms with Gasteiger partial charge < -0.3 is 9.51 Å². The Kier molecular flexibility index (Phi) is 3.63. The maximum atomic E-state index is 5.52. The molecule has 1 aliphatic heterocycles. The molecule has 130 valence electrons. The minimum Gasteiger partial charge on any atom is -0.358 e. The lowest BCUT2D eigenvalue weighted by atomic mass is 9.93. The quantitative estimate of drug-likeness (QED) is 0.768. The van der Waals surface area contributed by atoms with Crippen molar-refractivity contribution in [2.75, 3.05) is 13.1 Å². The van der Waals surface area contributed by atoms with Gasteiger partial charge in [0, 0.05) is 23.0 Å². The molecule has 0 spiro atoms. The summed E-state index contributed by atoms with van der Waals surface area (Å²) in [5.41, 5.74) is 2.62. The Morgan fingerprint density at radius 1 is 1.12 bits per heavy atom. The first-order valence-corrected chi connectivity index (χ1v) is 9.43. The zero-order valence-corrected chi connectivity index (χ0v) is 14.6. The van der Waals surface area contributed by atoms with Crippen molar-refractivity contribution in [2.45, 2.75) is 50.5 Å². The molecule has 5 rings (SSSR count). The van der Waals surface area contributed by atoms with Crippen LogP contribution in [0.3, 0.4) is 0 Å². The molecule has 1 aliphatic carbocycles. The number of likely N-dealkylation sites (tertiary alicyclic amines) is 1. The molecule has 2 fully saturated rings. The molecule has 1 saturated heterocycles. The number of hydrogen-bond acceptors (Lipinski definition) is 4. The van der Waals surface area contributed by atoms with E-state index in [4.69, 9.17) is 4.52 Å². The monoisotopic (exact) mass is 336 g/mol. The molecular weight excluding hydrogens is 312 g/mol. The third kappa shape index (κ3) is 2.86. The van der Waals surface area contributed by atoms with Crippen molar-refractivity contribution in [3.63, 3.8) is 0 Å². The molecule has 1 aromatic carbocycles. The molecule has 5 nitrogen and oxygen atoms in total. The molecule has 0 amide bonds. The summed E-state index contributed by atoms with van der Waals surface area (Å²) >= 11 is 0. The fourth-order valence-corrected chi connectivity index (χ4v) is 3.99. The van der Waals surface area contributed by atoms with Crippen molar-refractivity contribution < 1.29 is 4.52 Å². The first-order chi connectivity index (χ1) is 12.3. The van der Waals surface area contributed by atoms with Gasteiger partial charge in [-0.1, -0.05) is 23.4 Å². The number of piperidine rings is 1. The average Bonchev–Trinajstić information content (AvgIpc) is 3.22. The zero-order chi connectivity index (χ0) is 16.8. The number of aromatic amines is 1. The third-order valence-corrected chi connectivity index (χ3v) is 5.83. The number of aromatic nitrogens is 3. The van der Waals surface area contributed by atoms with E-state index in [9.17, 15) is 0 Å². The molecular formula is C20H24N4O. The van der Waals surface area contributed by atoms with Crippen molar-refractivity contribution >= 4 is 10.9 Å². The van der Waals surface area contributed by atoms with E-state index in [1.807, 2.05) is 0 Å². The number of hydrogen-bond donors (Lipinski definition) is 1. The average molecular weight is 336 g/mol. The van der Waals surface area contributed by atoms with Gasteiger partial charge in [-0.3, -0.25) is 4.90 Å². The van der Waals surface area contributed by atoms with Crippen molar-refractivity contribution in [1.29, 1.82) is 0 Å². The lowest BCUT2D eigenvalue weighted by Gasteiger charge is -2.34. The lowest BCUT2D eigenvalue weighted by Crippen LogP contribution is -2.35. The first-order valence-electron chi connectivity index (χ1n) is 9.43. The number of nitrogens with zero attached hydrogens (tertiary/aromatic N) is 3. The second kappa shape index (κ2) is 5.99. The molecule has 1 atom stereocenters. The second-order valence-electron chi connectivity index (χ2n) is 7.56. The molecule has 0 bridgehead atoms. The topological polar surface area (TPSA) is 58.0 Å². The number of rotatable bonds is 4. The highest BCUT2D eigenvalue weighted by Crippen LogP contribution is 2.39. The molecule has 5 heteroatoms. The number of benzene rings is 1. The van der Waals surface area contributed by atoms with Gasteiger partial charge >= 0.3 is 0 Å². The highest BCUT2D eigenvalue weighted by molar-refractivity contribution is 5.80. The molecule has 1 N–H and O–H groups in total. The van der Waals surface area contributed by atoms with E-state index in [2.05, 4.69) is 57.3 Å². The van der Waals surface area contributed by atoms with Gasteiger partial charge in [-0.2, -0.15) is 4.98 Å². The van der Waals surface area contributed by atoms with E-state index >= 15 is 0 Å². The largest absolute Gasteiger partial charge is 0.358 e. The van der Waals surface area contributed by atoms with Gasteiger partial charge in [0.25, 0.3) is 0 Å². The van der Waals surface area contributed by atoms with Crippen molar-refractivity contribution in [3.05, 3.63) is 47.7 Å². The number of nitrogens with one attached hydrogen (secondary N) is 1. The summed E-state index contributed by atoms with van der Waals surface area (Å²) in [6.07, 6.45) is 4.76. The summed E-state index contributed by atoms with van der Waals surface area (Å²) in [4.78, 5) is 10.7. The van der Waals surface area contributed by atoms with Crippen LogP contribution in [-0.4, -0.2) is 33.1 Å². The fourth-order valence-electron chi connectivity index (χ4n) is 3.99. The summed E-state index contributed by atoms with van der Waals surface area (Å²) in [6.45, 7) is 4.33. The predicted octanol–water partition coefficient (Wildman–Crippen LogP) is 4.37. The highest BCUT2D eigenvalue weighted by Gasteiger charge is 2.32. The number of para-hydroxylation sites is 1. The standard InChI is InChI=1S/C20H24N4O/c1-13(20-22-19(23-25-20)15-6-7-15)24-10-8-14(9-11-24)18-12-16-4-2-3-5-17(16)21-18/h2-5,12-15,21H,6-11H2,1H3/t13-/m1/s1. The number of fused-ring (bicyclic) bond motifs is 1. The van der Waals surface area contributed by atoms with Gasteiger partial charge in [-0.05, 0) is 63.2 Å². The van der Waals surface area contributed by atoms with Gasteiger partial charge in [0.05, 0.1) is 6.04 Å². The van der Waals surface area contributed by atoms with Gasteiger partial charge in [0.1, 0.15) is 0 Å². The first kappa shape index (κ1) is 15.1. The molecule has 2 aromatic heterocycles. The van der Waals surface area contributed by atoms with Crippen LogP contribution < -0.4 is 0 Å². The van der Waals surface area contributed by atoms with Crippen molar-refractivity contribution in [2.24, 2.45) is 0 Å². The van der Waals surface area contributed by atoms with E-state index in [1.54, 1.807) is 0 Å². The summed E-state index contributed by atoms with van der Waals surface area (Å²) in [5, 5.41) is 5.47. The molecule has 25 heavy (non-hydrogen) atoms. The highest BCUT2D eigenvalue weighted by atomic mass is 16.5. The van der Waals surface area contributed by atoms with Crippen LogP contribution in [-0.2, 0) is 0 Å². The van der Waals surface area contributed by atoms with Crippen LogP contribution in [0, 0.1) is 0 Å². The van der Waals surface area contributed by atoms with Crippen LogP contribution in [0.25, 0.3) is 10.9 Å². The van der Waals surface area contributed by atoms with Crippen LogP contribution >= 0.6 is 0 Å². The Hall–Kier alpha value is -2.14. The smallest absolute Gasteiger partial charge is 0.243 e. The molecule has 0 unspecified atom stereocenters. The van der Waals surface area contributed by atoms with Crippen LogP contribution in [0.5, 0.6) is 0 Å². The number of H-pyrrole nitrogens is 1. The molecule has 2 aliphatic rings. The Labute approximate surface area is 147 Å².